The number of rotatable bonds is 3. The molecular formula is C15H17N5S. The summed E-state index contributed by atoms with van der Waals surface area (Å²) in [5.74, 6) is 0.505. The van der Waals surface area contributed by atoms with Crippen LogP contribution >= 0.6 is 11.3 Å². The number of nitrogens with zero attached hydrogens (tertiary/aromatic N) is 4. The van der Waals surface area contributed by atoms with Crippen molar-refractivity contribution in [2.75, 3.05) is 13.1 Å². The minimum absolute atomic E-state index is 0.505. The Morgan fingerprint density at radius 3 is 3.29 bits per heavy atom. The molecule has 108 valence electrons. The van der Waals surface area contributed by atoms with Crippen molar-refractivity contribution in [2.45, 2.75) is 25.3 Å². The highest BCUT2D eigenvalue weighted by Crippen LogP contribution is 2.27. The van der Waals surface area contributed by atoms with E-state index < -0.39 is 0 Å². The number of hydrogen-bond donors (Lipinski definition) is 1. The van der Waals surface area contributed by atoms with Crippen molar-refractivity contribution < 1.29 is 0 Å². The fourth-order valence-corrected chi connectivity index (χ4v) is 3.60. The van der Waals surface area contributed by atoms with Gasteiger partial charge >= 0.3 is 0 Å². The van der Waals surface area contributed by atoms with Gasteiger partial charge in [-0.2, -0.15) is 5.10 Å². The number of nitrogens with one attached hydrogen (secondary N) is 1. The Labute approximate surface area is 127 Å². The lowest BCUT2D eigenvalue weighted by Crippen LogP contribution is -2.34. The third-order valence-electron chi connectivity index (χ3n) is 4.11. The summed E-state index contributed by atoms with van der Waals surface area (Å²) in [4.78, 5) is 11.6. The quantitative estimate of drug-likeness (QED) is 0.808. The molecule has 0 spiro atoms. The van der Waals surface area contributed by atoms with Gasteiger partial charge in [-0.15, -0.1) is 11.3 Å². The summed E-state index contributed by atoms with van der Waals surface area (Å²) in [6.45, 7) is 3.16. The highest BCUT2D eigenvalue weighted by Gasteiger charge is 2.23. The molecule has 6 heteroatoms. The topological polar surface area (TPSA) is 57.7 Å². The van der Waals surface area contributed by atoms with E-state index in [1.165, 1.54) is 24.2 Å². The number of aromatic amines is 1. The standard InChI is InChI=1S/C15H17N5S/c1-2-12(7-20(5-1)8-13-9-21-10-16-13)14-4-3-11-6-17-19-15(11)18-14/h3-4,6,9-10,12H,1-2,5,7-8H2,(H,17,18,19)/t12-/m1/s1. The van der Waals surface area contributed by atoms with Gasteiger partial charge in [-0.3, -0.25) is 10.00 Å². The van der Waals surface area contributed by atoms with Crippen molar-refractivity contribution in [1.29, 1.82) is 0 Å². The maximum absolute atomic E-state index is 4.73. The van der Waals surface area contributed by atoms with Gasteiger partial charge in [0.15, 0.2) is 5.65 Å². The van der Waals surface area contributed by atoms with Gasteiger partial charge in [0.25, 0.3) is 0 Å². The van der Waals surface area contributed by atoms with E-state index in [4.69, 9.17) is 4.98 Å². The zero-order valence-corrected chi connectivity index (χ0v) is 12.5. The second-order valence-electron chi connectivity index (χ2n) is 5.60. The molecule has 1 fully saturated rings. The second kappa shape index (κ2) is 5.54. The predicted molar refractivity (Wildman–Crippen MR) is 83.3 cm³/mol. The van der Waals surface area contributed by atoms with E-state index in [2.05, 4.69) is 37.6 Å². The van der Waals surface area contributed by atoms with Gasteiger partial charge in [0.2, 0.25) is 0 Å². The molecule has 0 amide bonds. The first-order valence-corrected chi connectivity index (χ1v) is 8.22. The van der Waals surface area contributed by atoms with Crippen LogP contribution in [0.25, 0.3) is 11.0 Å². The maximum Gasteiger partial charge on any atom is 0.155 e. The molecule has 3 aromatic rings. The smallest absolute Gasteiger partial charge is 0.155 e. The molecule has 5 nitrogen and oxygen atoms in total. The Morgan fingerprint density at radius 2 is 2.38 bits per heavy atom. The first-order valence-electron chi connectivity index (χ1n) is 7.28. The molecule has 0 unspecified atom stereocenters. The third kappa shape index (κ3) is 2.69. The van der Waals surface area contributed by atoms with Crippen LogP contribution in [0.2, 0.25) is 0 Å². The molecule has 0 aromatic carbocycles. The van der Waals surface area contributed by atoms with E-state index in [9.17, 15) is 0 Å². The molecule has 1 aliphatic rings. The minimum atomic E-state index is 0.505. The number of fused-ring (bicyclic) bond motifs is 1. The molecule has 0 saturated carbocycles. The third-order valence-corrected chi connectivity index (χ3v) is 4.75. The lowest BCUT2D eigenvalue weighted by atomic mass is 9.94. The Balaban J connectivity index is 1.51. The molecule has 21 heavy (non-hydrogen) atoms. The Hall–Kier alpha value is -1.79. The lowest BCUT2D eigenvalue weighted by molar-refractivity contribution is 0.197. The Kier molecular flexibility index (Phi) is 3.40. The predicted octanol–water partition coefficient (Wildman–Crippen LogP) is 2.79. The molecule has 1 atom stereocenters. The number of aromatic nitrogens is 4. The molecule has 1 N–H and O–H groups in total. The van der Waals surface area contributed by atoms with Crippen molar-refractivity contribution in [3.8, 4) is 0 Å². The van der Waals surface area contributed by atoms with Gasteiger partial charge in [0, 0.05) is 35.5 Å². The summed E-state index contributed by atoms with van der Waals surface area (Å²) in [6, 6.07) is 4.26. The van der Waals surface area contributed by atoms with Crippen molar-refractivity contribution in [1.82, 2.24) is 25.1 Å². The summed E-state index contributed by atoms with van der Waals surface area (Å²) in [7, 11) is 0. The van der Waals surface area contributed by atoms with E-state index in [0.29, 0.717) is 5.92 Å². The Bertz CT molecular complexity index is 721. The first kappa shape index (κ1) is 12.9. The van der Waals surface area contributed by atoms with Crippen LogP contribution < -0.4 is 0 Å². The summed E-state index contributed by atoms with van der Waals surface area (Å²) < 4.78 is 0. The molecule has 1 saturated heterocycles. The van der Waals surface area contributed by atoms with Gasteiger partial charge in [-0.1, -0.05) is 0 Å². The van der Waals surface area contributed by atoms with E-state index in [-0.39, 0.29) is 0 Å². The van der Waals surface area contributed by atoms with Crippen LogP contribution in [0.5, 0.6) is 0 Å². The van der Waals surface area contributed by atoms with Gasteiger partial charge in [-0.25, -0.2) is 9.97 Å². The molecule has 4 heterocycles. The molecule has 4 rings (SSSR count). The number of hydrogen-bond acceptors (Lipinski definition) is 5. The number of thiazole rings is 1. The highest BCUT2D eigenvalue weighted by atomic mass is 32.1. The van der Waals surface area contributed by atoms with Crippen LogP contribution in [0.15, 0.2) is 29.2 Å². The second-order valence-corrected chi connectivity index (χ2v) is 6.32. The lowest BCUT2D eigenvalue weighted by Gasteiger charge is -2.31. The van der Waals surface area contributed by atoms with Crippen molar-refractivity contribution in [2.24, 2.45) is 0 Å². The summed E-state index contributed by atoms with van der Waals surface area (Å²) in [5, 5.41) is 10.2. The van der Waals surface area contributed by atoms with Gasteiger partial charge < -0.3 is 0 Å². The molecule has 3 aromatic heterocycles. The van der Waals surface area contributed by atoms with E-state index in [1.54, 1.807) is 11.3 Å². The molecule has 0 aliphatic carbocycles. The van der Waals surface area contributed by atoms with Crippen molar-refractivity contribution in [3.05, 3.63) is 40.6 Å². The average Bonchev–Trinajstić information content (AvgIpc) is 3.17. The molecular weight excluding hydrogens is 282 g/mol. The molecule has 1 aliphatic heterocycles. The van der Waals surface area contributed by atoms with Crippen LogP contribution in [-0.4, -0.2) is 38.2 Å². The van der Waals surface area contributed by atoms with Crippen LogP contribution in [0.1, 0.15) is 30.1 Å². The largest absolute Gasteiger partial charge is 0.297 e. The van der Waals surface area contributed by atoms with Crippen molar-refractivity contribution in [3.63, 3.8) is 0 Å². The van der Waals surface area contributed by atoms with E-state index in [1.807, 2.05) is 11.7 Å². The SMILES string of the molecule is c1nc(CN2CCC[C@@H](c3ccc4cn[nH]c4n3)C2)cs1. The Morgan fingerprint density at radius 1 is 1.38 bits per heavy atom. The fraction of sp³-hybridized carbons (Fsp3) is 0.400. The van der Waals surface area contributed by atoms with Crippen molar-refractivity contribution >= 4 is 22.4 Å². The fourth-order valence-electron chi connectivity index (χ4n) is 3.05. The van der Waals surface area contributed by atoms with Gasteiger partial charge in [0.1, 0.15) is 0 Å². The van der Waals surface area contributed by atoms with Crippen LogP contribution in [0.4, 0.5) is 0 Å². The summed E-state index contributed by atoms with van der Waals surface area (Å²) in [6.07, 6.45) is 4.25. The van der Waals surface area contributed by atoms with E-state index in [0.717, 1.165) is 30.7 Å². The zero-order valence-electron chi connectivity index (χ0n) is 11.7. The number of pyridine rings is 1. The highest BCUT2D eigenvalue weighted by molar-refractivity contribution is 7.07. The molecule has 0 radical (unpaired) electrons. The summed E-state index contributed by atoms with van der Waals surface area (Å²) >= 11 is 1.67. The van der Waals surface area contributed by atoms with Crippen LogP contribution in [-0.2, 0) is 6.54 Å². The van der Waals surface area contributed by atoms with Crippen LogP contribution in [0, 0.1) is 0 Å². The van der Waals surface area contributed by atoms with Gasteiger partial charge in [0.05, 0.1) is 17.4 Å². The van der Waals surface area contributed by atoms with Gasteiger partial charge in [-0.05, 0) is 31.5 Å². The first-order chi connectivity index (χ1) is 10.4. The number of H-pyrrole nitrogens is 1. The number of likely N-dealkylation sites (tertiary alicyclic amines) is 1. The average molecular weight is 299 g/mol. The zero-order chi connectivity index (χ0) is 14.1. The van der Waals surface area contributed by atoms with E-state index >= 15 is 0 Å². The monoisotopic (exact) mass is 299 g/mol. The van der Waals surface area contributed by atoms with Crippen LogP contribution in [0.3, 0.4) is 0 Å². The summed E-state index contributed by atoms with van der Waals surface area (Å²) in [5.41, 5.74) is 5.15. The molecule has 0 bridgehead atoms. The minimum Gasteiger partial charge on any atom is -0.297 e. The number of piperidine rings is 1. The normalized spacial score (nSPS) is 20.1. The maximum atomic E-state index is 4.73.